The van der Waals surface area contributed by atoms with Crippen molar-refractivity contribution in [3.63, 3.8) is 0 Å². The van der Waals surface area contributed by atoms with Crippen LogP contribution in [0.4, 0.5) is 5.13 Å². The summed E-state index contributed by atoms with van der Waals surface area (Å²) in [6.45, 7) is 9.07. The number of rotatable bonds is 7. The highest BCUT2D eigenvalue weighted by atomic mass is 32.1. The van der Waals surface area contributed by atoms with Crippen LogP contribution in [0.5, 0.6) is 5.75 Å². The number of carbonyl (C=O) groups is 1. The van der Waals surface area contributed by atoms with Crippen LogP contribution in [0.3, 0.4) is 0 Å². The number of amides is 1. The molecule has 1 saturated heterocycles. The quantitative estimate of drug-likeness (QED) is 0.550. The van der Waals surface area contributed by atoms with Crippen LogP contribution in [-0.2, 0) is 4.74 Å². The Hall–Kier alpha value is -2.48. The first-order chi connectivity index (χ1) is 15.0. The fourth-order valence-corrected chi connectivity index (χ4v) is 4.91. The molecule has 3 aromatic rings. The Morgan fingerprint density at radius 1 is 1.19 bits per heavy atom. The zero-order chi connectivity index (χ0) is 21.8. The summed E-state index contributed by atoms with van der Waals surface area (Å²) >= 11 is 1.53. The highest BCUT2D eigenvalue weighted by Crippen LogP contribution is 2.32. The summed E-state index contributed by atoms with van der Waals surface area (Å²) in [5.74, 6) is 0.799. The molecule has 1 aliphatic rings. The Balaban J connectivity index is 1.60. The average Bonchev–Trinajstić information content (AvgIpc) is 3.20. The number of hydrogen-bond donors (Lipinski definition) is 0. The standard InChI is InChI=1S/C24H29N3O3S/c1-17-5-7-20(18(2)15-17)23(28)27(10-4-9-26-11-13-30-14-12-26)24-25-21-8-6-19(29-3)16-22(21)31-24/h5-8,15-16H,4,9-14H2,1-3H3. The molecule has 2 aromatic carbocycles. The molecular formula is C24H29N3O3S. The zero-order valence-electron chi connectivity index (χ0n) is 18.4. The molecular weight excluding hydrogens is 410 g/mol. The summed E-state index contributed by atoms with van der Waals surface area (Å²) in [6, 6.07) is 11.8. The molecule has 1 aliphatic heterocycles. The molecule has 0 N–H and O–H groups in total. The molecule has 31 heavy (non-hydrogen) atoms. The molecule has 6 nitrogen and oxygen atoms in total. The Labute approximate surface area is 187 Å². The second kappa shape index (κ2) is 9.77. The highest BCUT2D eigenvalue weighted by molar-refractivity contribution is 7.22. The van der Waals surface area contributed by atoms with Crippen molar-refractivity contribution < 1.29 is 14.3 Å². The van der Waals surface area contributed by atoms with E-state index in [1.807, 2.05) is 49.1 Å². The predicted molar refractivity (Wildman–Crippen MR) is 126 cm³/mol. The molecule has 0 aliphatic carbocycles. The fourth-order valence-electron chi connectivity index (χ4n) is 3.90. The van der Waals surface area contributed by atoms with E-state index < -0.39 is 0 Å². The van der Waals surface area contributed by atoms with E-state index in [-0.39, 0.29) is 5.91 Å². The first kappa shape index (κ1) is 21.7. The third-order valence-corrected chi connectivity index (χ3v) is 6.67. The monoisotopic (exact) mass is 439 g/mol. The van der Waals surface area contributed by atoms with Crippen LogP contribution < -0.4 is 9.64 Å². The molecule has 4 rings (SSSR count). The topological polar surface area (TPSA) is 54.9 Å². The molecule has 7 heteroatoms. The van der Waals surface area contributed by atoms with E-state index in [4.69, 9.17) is 14.5 Å². The third-order valence-electron chi connectivity index (χ3n) is 5.63. The molecule has 0 radical (unpaired) electrons. The summed E-state index contributed by atoms with van der Waals surface area (Å²) in [6.07, 6.45) is 0.885. The van der Waals surface area contributed by atoms with Crippen molar-refractivity contribution in [2.45, 2.75) is 20.3 Å². The second-order valence-corrected chi connectivity index (χ2v) is 8.92. The van der Waals surface area contributed by atoms with E-state index in [9.17, 15) is 4.79 Å². The highest BCUT2D eigenvalue weighted by Gasteiger charge is 2.23. The molecule has 0 unspecified atom stereocenters. The predicted octanol–water partition coefficient (Wildman–Crippen LogP) is 4.29. The summed E-state index contributed by atoms with van der Waals surface area (Å²) < 4.78 is 11.8. The lowest BCUT2D eigenvalue weighted by Crippen LogP contribution is -2.39. The summed E-state index contributed by atoms with van der Waals surface area (Å²) in [7, 11) is 1.66. The SMILES string of the molecule is COc1ccc2nc(N(CCCN3CCOCC3)C(=O)c3ccc(C)cc3C)sc2c1. The lowest BCUT2D eigenvalue weighted by molar-refractivity contribution is 0.0376. The van der Waals surface area contributed by atoms with Crippen molar-refractivity contribution in [2.75, 3.05) is 51.4 Å². The Morgan fingerprint density at radius 3 is 2.74 bits per heavy atom. The smallest absolute Gasteiger partial charge is 0.260 e. The van der Waals surface area contributed by atoms with Gasteiger partial charge in [-0.3, -0.25) is 14.6 Å². The molecule has 2 heterocycles. The molecule has 0 atom stereocenters. The van der Waals surface area contributed by atoms with Crippen LogP contribution in [0.25, 0.3) is 10.2 Å². The van der Waals surface area contributed by atoms with Gasteiger partial charge >= 0.3 is 0 Å². The minimum Gasteiger partial charge on any atom is -0.497 e. The number of morpholine rings is 1. The van der Waals surface area contributed by atoms with Crippen LogP contribution in [-0.4, -0.2) is 62.3 Å². The van der Waals surface area contributed by atoms with Gasteiger partial charge in [0.15, 0.2) is 5.13 Å². The van der Waals surface area contributed by atoms with Crippen molar-refractivity contribution >= 4 is 32.6 Å². The number of benzene rings is 2. The Bertz CT molecular complexity index is 1060. The first-order valence-electron chi connectivity index (χ1n) is 10.7. The van der Waals surface area contributed by atoms with Gasteiger partial charge in [-0.05, 0) is 50.1 Å². The summed E-state index contributed by atoms with van der Waals surface area (Å²) in [5, 5.41) is 0.732. The summed E-state index contributed by atoms with van der Waals surface area (Å²) in [5.41, 5.74) is 3.76. The zero-order valence-corrected chi connectivity index (χ0v) is 19.2. The number of thiazole rings is 1. The second-order valence-electron chi connectivity index (χ2n) is 7.91. The summed E-state index contributed by atoms with van der Waals surface area (Å²) in [4.78, 5) is 22.6. The lowest BCUT2D eigenvalue weighted by Gasteiger charge is -2.28. The van der Waals surface area contributed by atoms with Crippen molar-refractivity contribution in [1.82, 2.24) is 9.88 Å². The van der Waals surface area contributed by atoms with Crippen LogP contribution in [0.15, 0.2) is 36.4 Å². The van der Waals surface area contributed by atoms with Gasteiger partial charge in [0, 0.05) is 31.7 Å². The van der Waals surface area contributed by atoms with E-state index in [0.717, 1.165) is 77.1 Å². The number of nitrogens with zero attached hydrogens (tertiary/aromatic N) is 3. The molecule has 0 bridgehead atoms. The van der Waals surface area contributed by atoms with Gasteiger partial charge < -0.3 is 9.47 Å². The van der Waals surface area contributed by atoms with Gasteiger partial charge in [0.25, 0.3) is 5.91 Å². The number of hydrogen-bond acceptors (Lipinski definition) is 6. The Kier molecular flexibility index (Phi) is 6.85. The van der Waals surface area contributed by atoms with Gasteiger partial charge in [-0.15, -0.1) is 0 Å². The number of anilines is 1. The number of fused-ring (bicyclic) bond motifs is 1. The van der Waals surface area contributed by atoms with E-state index in [0.29, 0.717) is 6.54 Å². The minimum atomic E-state index is 0.00509. The van der Waals surface area contributed by atoms with E-state index in [1.165, 1.54) is 11.3 Å². The molecule has 164 valence electrons. The molecule has 0 spiro atoms. The van der Waals surface area contributed by atoms with Gasteiger partial charge in [-0.2, -0.15) is 0 Å². The minimum absolute atomic E-state index is 0.00509. The number of aryl methyl sites for hydroxylation is 2. The number of aromatic nitrogens is 1. The third kappa shape index (κ3) is 5.06. The normalized spacial score (nSPS) is 14.7. The van der Waals surface area contributed by atoms with Crippen LogP contribution in [0.2, 0.25) is 0 Å². The van der Waals surface area contributed by atoms with Crippen LogP contribution >= 0.6 is 11.3 Å². The van der Waals surface area contributed by atoms with Crippen molar-refractivity contribution in [3.05, 3.63) is 53.1 Å². The van der Waals surface area contributed by atoms with Gasteiger partial charge in [-0.25, -0.2) is 4.98 Å². The maximum atomic E-state index is 13.6. The number of carbonyl (C=O) groups excluding carboxylic acids is 1. The van der Waals surface area contributed by atoms with Gasteiger partial charge in [0.05, 0.1) is 30.5 Å². The van der Waals surface area contributed by atoms with Crippen molar-refractivity contribution in [1.29, 1.82) is 0 Å². The van der Waals surface area contributed by atoms with Crippen LogP contribution in [0, 0.1) is 13.8 Å². The van der Waals surface area contributed by atoms with Crippen molar-refractivity contribution in [2.24, 2.45) is 0 Å². The van der Waals surface area contributed by atoms with Crippen LogP contribution in [0.1, 0.15) is 27.9 Å². The molecule has 0 saturated carbocycles. The van der Waals surface area contributed by atoms with Crippen molar-refractivity contribution in [3.8, 4) is 5.75 Å². The maximum absolute atomic E-state index is 13.6. The van der Waals surface area contributed by atoms with Gasteiger partial charge in [0.2, 0.25) is 0 Å². The van der Waals surface area contributed by atoms with E-state index >= 15 is 0 Å². The number of methoxy groups -OCH3 is 1. The van der Waals surface area contributed by atoms with Gasteiger partial charge in [0.1, 0.15) is 5.75 Å². The maximum Gasteiger partial charge on any atom is 0.260 e. The molecule has 1 aromatic heterocycles. The lowest BCUT2D eigenvalue weighted by atomic mass is 10.0. The average molecular weight is 440 g/mol. The van der Waals surface area contributed by atoms with E-state index in [1.54, 1.807) is 7.11 Å². The fraction of sp³-hybridized carbons (Fsp3) is 0.417. The molecule has 1 fully saturated rings. The first-order valence-corrected chi connectivity index (χ1v) is 11.5. The Morgan fingerprint density at radius 2 is 2.00 bits per heavy atom. The van der Waals surface area contributed by atoms with Gasteiger partial charge in [-0.1, -0.05) is 29.0 Å². The number of ether oxygens (including phenoxy) is 2. The van der Waals surface area contributed by atoms with E-state index in [2.05, 4.69) is 11.0 Å². The largest absolute Gasteiger partial charge is 0.497 e. The molecule has 1 amide bonds.